The zero-order valence-electron chi connectivity index (χ0n) is 10.3. The molecule has 0 bridgehead atoms. The Bertz CT molecular complexity index is 573. The van der Waals surface area contributed by atoms with Crippen molar-refractivity contribution in [2.45, 2.75) is 0 Å². The van der Waals surface area contributed by atoms with E-state index in [-0.39, 0.29) is 17.4 Å². The number of benzene rings is 1. The second kappa shape index (κ2) is 5.47. The highest BCUT2D eigenvalue weighted by atomic mass is 19.1. The molecule has 0 radical (unpaired) electrons. The molecule has 1 N–H and O–H groups in total. The highest BCUT2D eigenvalue weighted by Gasteiger charge is 2.14. The smallest absolute Gasteiger partial charge is 0.268 e. The molecule has 19 heavy (non-hydrogen) atoms. The maximum atomic E-state index is 13.1. The summed E-state index contributed by atoms with van der Waals surface area (Å²) in [7, 11) is 3.06. The predicted octanol–water partition coefficient (Wildman–Crippen LogP) is 2.60. The third-order valence-electron chi connectivity index (χ3n) is 2.26. The van der Waals surface area contributed by atoms with Crippen molar-refractivity contribution in [1.82, 2.24) is 9.97 Å². The fourth-order valence-corrected chi connectivity index (χ4v) is 1.49. The first-order valence-electron chi connectivity index (χ1n) is 5.34. The van der Waals surface area contributed by atoms with Crippen LogP contribution in [0.1, 0.15) is 0 Å². The Morgan fingerprint density at radius 2 is 1.79 bits per heavy atom. The summed E-state index contributed by atoms with van der Waals surface area (Å²) in [6.45, 7) is 0. The Morgan fingerprint density at radius 1 is 1.11 bits per heavy atom. The molecule has 0 saturated heterocycles. The zero-order valence-corrected chi connectivity index (χ0v) is 10.3. The van der Waals surface area contributed by atoms with Crippen molar-refractivity contribution in [2.75, 3.05) is 19.5 Å². The number of nitrogens with one attached hydrogen (secondary N) is 1. The van der Waals surface area contributed by atoms with Crippen LogP contribution >= 0.6 is 0 Å². The molecule has 2 aromatic rings. The summed E-state index contributed by atoms with van der Waals surface area (Å²) in [4.78, 5) is 7.80. The summed E-state index contributed by atoms with van der Waals surface area (Å²) in [5.74, 6) is -0.781. The number of anilines is 1. The first kappa shape index (κ1) is 13.0. The fourth-order valence-electron chi connectivity index (χ4n) is 1.49. The molecule has 1 aromatic heterocycles. The van der Waals surface area contributed by atoms with Gasteiger partial charge in [0.05, 0.1) is 7.11 Å². The van der Waals surface area contributed by atoms with Crippen molar-refractivity contribution < 1.29 is 18.3 Å². The van der Waals surface area contributed by atoms with E-state index in [1.165, 1.54) is 13.4 Å². The number of hydrogen-bond acceptors (Lipinski definition) is 5. The van der Waals surface area contributed by atoms with Crippen molar-refractivity contribution in [1.29, 1.82) is 0 Å². The average molecular weight is 267 g/mol. The lowest BCUT2D eigenvalue weighted by Crippen LogP contribution is -2.01. The van der Waals surface area contributed by atoms with E-state index in [2.05, 4.69) is 15.3 Å². The molecule has 0 aliphatic rings. The highest BCUT2D eigenvalue weighted by molar-refractivity contribution is 5.55. The maximum Gasteiger partial charge on any atom is 0.268 e. The van der Waals surface area contributed by atoms with Crippen molar-refractivity contribution in [3.63, 3.8) is 0 Å². The first-order valence-corrected chi connectivity index (χ1v) is 5.34. The number of nitrogens with zero attached hydrogens (tertiary/aromatic N) is 2. The predicted molar refractivity (Wildman–Crippen MR) is 64.6 cm³/mol. The molecule has 0 amide bonds. The lowest BCUT2D eigenvalue weighted by molar-refractivity contribution is 0.367. The van der Waals surface area contributed by atoms with Gasteiger partial charge in [-0.2, -0.15) is 4.98 Å². The fraction of sp³-hybridized carbons (Fsp3) is 0.167. The SMILES string of the molecule is CNc1ncnc(Oc2cc(F)cc(F)c2)c1OC. The minimum atomic E-state index is -0.739. The summed E-state index contributed by atoms with van der Waals surface area (Å²) in [6, 6.07) is 2.84. The minimum absolute atomic E-state index is 0.0171. The van der Waals surface area contributed by atoms with E-state index in [0.717, 1.165) is 18.2 Å². The zero-order chi connectivity index (χ0) is 13.8. The van der Waals surface area contributed by atoms with Gasteiger partial charge in [0.2, 0.25) is 5.75 Å². The standard InChI is InChI=1S/C12H11F2N3O2/c1-15-11-10(18-2)12(17-6-16-11)19-9-4-7(13)3-8(14)5-9/h3-6H,1-2H3,(H,15,16,17). The molecule has 7 heteroatoms. The Labute approximate surface area is 108 Å². The summed E-state index contributed by atoms with van der Waals surface area (Å²) in [5, 5.41) is 2.79. The van der Waals surface area contributed by atoms with E-state index in [9.17, 15) is 8.78 Å². The molecule has 0 atom stereocenters. The molecule has 100 valence electrons. The van der Waals surface area contributed by atoms with Gasteiger partial charge in [-0.25, -0.2) is 13.8 Å². The van der Waals surface area contributed by atoms with Crippen LogP contribution in [0, 0.1) is 11.6 Å². The molecule has 1 aromatic carbocycles. The summed E-state index contributed by atoms with van der Waals surface area (Å²) in [6.07, 6.45) is 1.25. The Hall–Kier alpha value is -2.44. The molecular formula is C12H11F2N3O2. The highest BCUT2D eigenvalue weighted by Crippen LogP contribution is 2.34. The Morgan fingerprint density at radius 3 is 2.37 bits per heavy atom. The van der Waals surface area contributed by atoms with Gasteiger partial charge in [-0.1, -0.05) is 0 Å². The van der Waals surface area contributed by atoms with Gasteiger partial charge >= 0.3 is 0 Å². The van der Waals surface area contributed by atoms with Gasteiger partial charge in [-0.05, 0) is 0 Å². The molecule has 0 aliphatic carbocycles. The first-order chi connectivity index (χ1) is 9.13. The number of rotatable bonds is 4. The lowest BCUT2D eigenvalue weighted by Gasteiger charge is -2.11. The molecule has 2 rings (SSSR count). The molecule has 0 saturated carbocycles. The number of aromatic nitrogens is 2. The van der Waals surface area contributed by atoms with Gasteiger partial charge in [-0.3, -0.25) is 0 Å². The van der Waals surface area contributed by atoms with Gasteiger partial charge in [0.1, 0.15) is 23.7 Å². The number of halogens is 2. The van der Waals surface area contributed by atoms with Gasteiger partial charge < -0.3 is 14.8 Å². The van der Waals surface area contributed by atoms with Crippen LogP contribution in [0.25, 0.3) is 0 Å². The molecular weight excluding hydrogens is 256 g/mol. The van der Waals surface area contributed by atoms with Crippen molar-refractivity contribution in [3.05, 3.63) is 36.2 Å². The Kier molecular flexibility index (Phi) is 3.74. The summed E-state index contributed by atoms with van der Waals surface area (Å²) in [5.41, 5.74) is 0. The van der Waals surface area contributed by atoms with Gasteiger partial charge in [0.15, 0.2) is 5.82 Å². The molecule has 0 unspecified atom stereocenters. The normalized spacial score (nSPS) is 10.1. The second-order valence-corrected chi connectivity index (χ2v) is 3.52. The van der Waals surface area contributed by atoms with Crippen LogP contribution in [-0.2, 0) is 0 Å². The topological polar surface area (TPSA) is 56.3 Å². The monoisotopic (exact) mass is 267 g/mol. The van der Waals surface area contributed by atoms with Crippen LogP contribution in [0.15, 0.2) is 24.5 Å². The van der Waals surface area contributed by atoms with E-state index in [0.29, 0.717) is 5.82 Å². The summed E-state index contributed by atoms with van der Waals surface area (Å²) >= 11 is 0. The molecule has 0 fully saturated rings. The van der Waals surface area contributed by atoms with Crippen LogP contribution in [0.3, 0.4) is 0 Å². The van der Waals surface area contributed by atoms with Crippen LogP contribution in [0.5, 0.6) is 17.4 Å². The molecule has 5 nitrogen and oxygen atoms in total. The van der Waals surface area contributed by atoms with Crippen LogP contribution in [0.2, 0.25) is 0 Å². The van der Waals surface area contributed by atoms with Crippen molar-refractivity contribution in [2.24, 2.45) is 0 Å². The molecule has 0 aliphatic heterocycles. The van der Waals surface area contributed by atoms with Crippen molar-refractivity contribution >= 4 is 5.82 Å². The quantitative estimate of drug-likeness (QED) is 0.922. The lowest BCUT2D eigenvalue weighted by atomic mass is 10.3. The van der Waals surface area contributed by atoms with Gasteiger partial charge in [0, 0.05) is 25.2 Å². The third-order valence-corrected chi connectivity index (χ3v) is 2.26. The van der Waals surface area contributed by atoms with E-state index >= 15 is 0 Å². The Balaban J connectivity index is 2.37. The number of ether oxygens (including phenoxy) is 2. The van der Waals surface area contributed by atoms with Crippen LogP contribution in [0.4, 0.5) is 14.6 Å². The van der Waals surface area contributed by atoms with Crippen molar-refractivity contribution in [3.8, 4) is 17.4 Å². The largest absolute Gasteiger partial charge is 0.489 e. The van der Waals surface area contributed by atoms with Crippen LogP contribution < -0.4 is 14.8 Å². The molecule has 0 spiro atoms. The van der Waals surface area contributed by atoms with E-state index in [1.54, 1.807) is 7.05 Å². The van der Waals surface area contributed by atoms with E-state index in [4.69, 9.17) is 9.47 Å². The van der Waals surface area contributed by atoms with E-state index < -0.39 is 11.6 Å². The van der Waals surface area contributed by atoms with Crippen LogP contribution in [-0.4, -0.2) is 24.1 Å². The van der Waals surface area contributed by atoms with E-state index in [1.807, 2.05) is 0 Å². The summed E-state index contributed by atoms with van der Waals surface area (Å²) < 4.78 is 36.5. The number of hydrogen-bond donors (Lipinski definition) is 1. The third kappa shape index (κ3) is 2.87. The molecule has 1 heterocycles. The van der Waals surface area contributed by atoms with Gasteiger partial charge in [-0.15, -0.1) is 0 Å². The average Bonchev–Trinajstić information content (AvgIpc) is 2.37. The minimum Gasteiger partial charge on any atom is -0.489 e. The number of methoxy groups -OCH3 is 1. The second-order valence-electron chi connectivity index (χ2n) is 3.52. The van der Waals surface area contributed by atoms with Gasteiger partial charge in [0.25, 0.3) is 5.88 Å². The maximum absolute atomic E-state index is 13.1.